The monoisotopic (exact) mass is 266 g/mol. The third-order valence-corrected chi connectivity index (χ3v) is 5.30. The summed E-state index contributed by atoms with van der Waals surface area (Å²) in [6, 6.07) is -0.172. The molecular weight excluding hydrogens is 240 g/mol. The van der Waals surface area contributed by atoms with Gasteiger partial charge in [0.15, 0.2) is 0 Å². The van der Waals surface area contributed by atoms with E-state index in [1.807, 2.05) is 6.92 Å². The van der Waals surface area contributed by atoms with Crippen molar-refractivity contribution in [2.24, 2.45) is 17.8 Å². The number of fused-ring (bicyclic) bond motifs is 2. The van der Waals surface area contributed by atoms with Crippen LogP contribution in [0.4, 0.5) is 0 Å². The summed E-state index contributed by atoms with van der Waals surface area (Å²) in [5.41, 5.74) is 0. The van der Waals surface area contributed by atoms with Gasteiger partial charge in [0.25, 0.3) is 0 Å². The minimum atomic E-state index is -0.172. The van der Waals surface area contributed by atoms with E-state index in [1.54, 1.807) is 0 Å². The summed E-state index contributed by atoms with van der Waals surface area (Å²) in [7, 11) is 0. The van der Waals surface area contributed by atoms with Crippen molar-refractivity contribution in [3.63, 3.8) is 0 Å². The molecule has 3 rings (SSSR count). The van der Waals surface area contributed by atoms with E-state index >= 15 is 0 Å². The van der Waals surface area contributed by atoms with Gasteiger partial charge in [0.1, 0.15) is 6.04 Å². The van der Waals surface area contributed by atoms with Gasteiger partial charge in [0.2, 0.25) is 5.91 Å². The molecule has 2 aliphatic carbocycles. The highest BCUT2D eigenvalue weighted by molar-refractivity contribution is 5.82. The maximum atomic E-state index is 12.1. The highest BCUT2D eigenvalue weighted by Gasteiger charge is 2.39. The van der Waals surface area contributed by atoms with Crippen molar-refractivity contribution in [1.29, 1.82) is 0 Å². The van der Waals surface area contributed by atoms with E-state index in [9.17, 15) is 4.79 Å². The zero-order valence-electron chi connectivity index (χ0n) is 11.9. The Hall–Kier alpha value is -0.610. The smallest absolute Gasteiger partial charge is 0.239 e. The molecule has 0 spiro atoms. The van der Waals surface area contributed by atoms with Crippen LogP contribution in [0.3, 0.4) is 0 Å². The van der Waals surface area contributed by atoms with Crippen LogP contribution >= 0.6 is 0 Å². The number of carbonyl (C=O) groups excluding carboxylic acids is 1. The summed E-state index contributed by atoms with van der Waals surface area (Å²) in [4.78, 5) is 12.1. The van der Waals surface area contributed by atoms with Crippen molar-refractivity contribution in [2.75, 3.05) is 19.7 Å². The second-order valence-corrected chi connectivity index (χ2v) is 6.52. The quantitative estimate of drug-likeness (QED) is 0.806. The molecule has 19 heavy (non-hydrogen) atoms. The van der Waals surface area contributed by atoms with Crippen LogP contribution in [0.1, 0.15) is 39.0 Å². The number of rotatable bonds is 4. The predicted molar refractivity (Wildman–Crippen MR) is 73.8 cm³/mol. The topological polar surface area (TPSA) is 50.4 Å². The van der Waals surface area contributed by atoms with Crippen LogP contribution in [-0.4, -0.2) is 37.7 Å². The molecule has 4 heteroatoms. The Morgan fingerprint density at radius 1 is 1.37 bits per heavy atom. The number of ether oxygens (including phenoxy) is 1. The summed E-state index contributed by atoms with van der Waals surface area (Å²) in [6.45, 7) is 4.27. The van der Waals surface area contributed by atoms with Gasteiger partial charge in [-0.25, -0.2) is 0 Å². The van der Waals surface area contributed by atoms with E-state index in [1.165, 1.54) is 25.7 Å². The van der Waals surface area contributed by atoms with E-state index in [4.69, 9.17) is 4.74 Å². The van der Waals surface area contributed by atoms with Crippen LogP contribution in [0, 0.1) is 17.8 Å². The Bertz CT molecular complexity index is 334. The first-order valence-corrected chi connectivity index (χ1v) is 7.86. The highest BCUT2D eigenvalue weighted by atomic mass is 16.5. The average molecular weight is 266 g/mol. The van der Waals surface area contributed by atoms with E-state index in [-0.39, 0.29) is 18.1 Å². The number of hydrogen-bond acceptors (Lipinski definition) is 3. The fraction of sp³-hybridized carbons (Fsp3) is 0.933. The molecular formula is C15H26N2O2. The third kappa shape index (κ3) is 2.95. The molecule has 1 amide bonds. The van der Waals surface area contributed by atoms with E-state index in [2.05, 4.69) is 10.6 Å². The Morgan fingerprint density at radius 2 is 2.26 bits per heavy atom. The molecule has 108 valence electrons. The van der Waals surface area contributed by atoms with E-state index < -0.39 is 0 Å². The summed E-state index contributed by atoms with van der Waals surface area (Å²) in [6.07, 6.45) is 6.88. The summed E-state index contributed by atoms with van der Waals surface area (Å²) < 4.78 is 5.51. The van der Waals surface area contributed by atoms with Crippen LogP contribution in [0.25, 0.3) is 0 Å². The second kappa shape index (κ2) is 5.80. The lowest BCUT2D eigenvalue weighted by Crippen LogP contribution is -2.55. The standard InChI is InChI=1S/C15H26N2O2/c1-10-14(16-6-7-19-10)15(18)17-5-4-13-9-11-2-3-12(13)8-11/h10-14,16H,2-9H2,1H3,(H,17,18)/t10-,11?,12?,13?,14+/m1/s1. The van der Waals surface area contributed by atoms with Gasteiger partial charge in [-0.05, 0) is 50.4 Å². The Balaban J connectivity index is 1.38. The lowest BCUT2D eigenvalue weighted by Gasteiger charge is -2.29. The van der Waals surface area contributed by atoms with Gasteiger partial charge >= 0.3 is 0 Å². The molecule has 3 aliphatic rings. The van der Waals surface area contributed by atoms with Gasteiger partial charge in [0.05, 0.1) is 12.7 Å². The zero-order valence-corrected chi connectivity index (χ0v) is 11.9. The van der Waals surface area contributed by atoms with E-state index in [0.717, 1.165) is 37.3 Å². The molecule has 1 saturated heterocycles. The number of hydrogen-bond donors (Lipinski definition) is 2. The summed E-state index contributed by atoms with van der Waals surface area (Å²) in [5, 5.41) is 6.32. The maximum Gasteiger partial charge on any atom is 0.239 e. The lowest BCUT2D eigenvalue weighted by molar-refractivity contribution is -0.128. The number of carbonyl (C=O) groups is 1. The normalized spacial score (nSPS) is 41.4. The van der Waals surface area contributed by atoms with Crippen molar-refractivity contribution in [2.45, 2.75) is 51.2 Å². The third-order valence-electron chi connectivity index (χ3n) is 5.30. The van der Waals surface area contributed by atoms with Gasteiger partial charge in [0, 0.05) is 13.1 Å². The molecule has 2 saturated carbocycles. The van der Waals surface area contributed by atoms with Crippen molar-refractivity contribution in [3.8, 4) is 0 Å². The second-order valence-electron chi connectivity index (χ2n) is 6.52. The van der Waals surface area contributed by atoms with Crippen molar-refractivity contribution in [3.05, 3.63) is 0 Å². The zero-order chi connectivity index (χ0) is 13.2. The SMILES string of the molecule is C[C@H]1OCCN[C@@H]1C(=O)NCCC1CC2CCC1C2. The fourth-order valence-electron chi connectivity index (χ4n) is 4.25. The molecule has 1 aliphatic heterocycles. The lowest BCUT2D eigenvalue weighted by atomic mass is 9.86. The molecule has 4 nitrogen and oxygen atoms in total. The first kappa shape index (κ1) is 13.4. The van der Waals surface area contributed by atoms with Crippen molar-refractivity contribution in [1.82, 2.24) is 10.6 Å². The molecule has 3 fully saturated rings. The first-order valence-electron chi connectivity index (χ1n) is 7.86. The molecule has 2 bridgehead atoms. The van der Waals surface area contributed by atoms with Gasteiger partial charge in [-0.1, -0.05) is 6.42 Å². The first-order chi connectivity index (χ1) is 9.24. The van der Waals surface area contributed by atoms with E-state index in [0.29, 0.717) is 6.61 Å². The van der Waals surface area contributed by atoms with Gasteiger partial charge in [-0.3, -0.25) is 4.79 Å². The van der Waals surface area contributed by atoms with Gasteiger partial charge < -0.3 is 15.4 Å². The Kier molecular flexibility index (Phi) is 4.08. The number of morpholine rings is 1. The molecule has 5 atom stereocenters. The molecule has 0 aromatic rings. The van der Waals surface area contributed by atoms with Gasteiger partial charge in [-0.15, -0.1) is 0 Å². The van der Waals surface area contributed by atoms with Crippen LogP contribution in [-0.2, 0) is 9.53 Å². The molecule has 0 radical (unpaired) electrons. The Labute approximate surface area is 115 Å². The molecule has 0 aromatic carbocycles. The molecule has 1 heterocycles. The molecule has 2 N–H and O–H groups in total. The van der Waals surface area contributed by atoms with Crippen molar-refractivity contribution < 1.29 is 9.53 Å². The minimum absolute atomic E-state index is 0.0174. The minimum Gasteiger partial charge on any atom is -0.375 e. The number of amides is 1. The Morgan fingerprint density at radius 3 is 2.95 bits per heavy atom. The molecule has 3 unspecified atom stereocenters. The number of nitrogens with one attached hydrogen (secondary N) is 2. The van der Waals surface area contributed by atoms with Crippen LogP contribution in [0.5, 0.6) is 0 Å². The van der Waals surface area contributed by atoms with Crippen molar-refractivity contribution >= 4 is 5.91 Å². The van der Waals surface area contributed by atoms with Crippen LogP contribution in [0.2, 0.25) is 0 Å². The van der Waals surface area contributed by atoms with Crippen LogP contribution < -0.4 is 10.6 Å². The van der Waals surface area contributed by atoms with Gasteiger partial charge in [-0.2, -0.15) is 0 Å². The van der Waals surface area contributed by atoms with Crippen LogP contribution in [0.15, 0.2) is 0 Å². The summed E-state index contributed by atoms with van der Waals surface area (Å²) >= 11 is 0. The largest absolute Gasteiger partial charge is 0.375 e. The molecule has 0 aromatic heterocycles. The average Bonchev–Trinajstić information content (AvgIpc) is 3.01. The summed E-state index contributed by atoms with van der Waals surface area (Å²) in [5.74, 6) is 2.93. The highest BCUT2D eigenvalue weighted by Crippen LogP contribution is 2.49. The maximum absolute atomic E-state index is 12.1. The fourth-order valence-corrected chi connectivity index (χ4v) is 4.25. The predicted octanol–water partition coefficient (Wildman–Crippen LogP) is 1.31.